The number of nitrogens with zero attached hydrogens (tertiary/aromatic N) is 4. The molecule has 0 fully saturated rings. The highest BCUT2D eigenvalue weighted by Crippen LogP contribution is 2.11. The Morgan fingerprint density at radius 2 is 1.94 bits per heavy atom. The van der Waals surface area contributed by atoms with Crippen molar-refractivity contribution in [3.05, 3.63) is 0 Å². The number of nitrogen functional groups attached to an aromatic ring is 1. The van der Waals surface area contributed by atoms with E-state index in [1.54, 1.807) is 4.90 Å². The second kappa shape index (κ2) is 6.16. The summed E-state index contributed by atoms with van der Waals surface area (Å²) in [7, 11) is 3.66. The van der Waals surface area contributed by atoms with Crippen molar-refractivity contribution in [2.24, 2.45) is 5.84 Å². The van der Waals surface area contributed by atoms with Crippen LogP contribution in [0.1, 0.15) is 13.3 Å². The fraction of sp³-hybridized carbons (Fsp3) is 0.667. The molecule has 17 heavy (non-hydrogen) atoms. The molecule has 8 nitrogen and oxygen atoms in total. The number of aliphatic hydroxyl groups is 1. The van der Waals surface area contributed by atoms with E-state index in [1.807, 2.05) is 21.0 Å². The Bertz CT molecular complexity index is 357. The zero-order valence-electron chi connectivity index (χ0n) is 10.3. The van der Waals surface area contributed by atoms with Crippen LogP contribution in [0.2, 0.25) is 0 Å². The van der Waals surface area contributed by atoms with Gasteiger partial charge in [-0.3, -0.25) is 5.43 Å². The normalized spacial score (nSPS) is 12.1. The van der Waals surface area contributed by atoms with Crippen LogP contribution in [0, 0.1) is 0 Å². The van der Waals surface area contributed by atoms with E-state index >= 15 is 0 Å². The Morgan fingerprint density at radius 3 is 2.47 bits per heavy atom. The SMILES string of the molecule is CC(CCO)Nc1nc(NN)nc(N(C)C)n1. The third-order valence-electron chi connectivity index (χ3n) is 2.09. The van der Waals surface area contributed by atoms with E-state index in [0.717, 1.165) is 0 Å². The van der Waals surface area contributed by atoms with Gasteiger partial charge in [-0.2, -0.15) is 15.0 Å². The molecule has 0 saturated heterocycles. The molecular weight excluding hydrogens is 222 g/mol. The highest BCUT2D eigenvalue weighted by molar-refractivity contribution is 5.42. The molecular formula is C9H19N7O. The molecule has 8 heteroatoms. The minimum Gasteiger partial charge on any atom is -0.396 e. The smallest absolute Gasteiger partial charge is 0.243 e. The summed E-state index contributed by atoms with van der Waals surface area (Å²) < 4.78 is 0. The second-order valence-corrected chi connectivity index (χ2v) is 3.88. The van der Waals surface area contributed by atoms with Crippen LogP contribution in [-0.4, -0.2) is 46.8 Å². The maximum atomic E-state index is 8.82. The van der Waals surface area contributed by atoms with E-state index in [4.69, 9.17) is 10.9 Å². The second-order valence-electron chi connectivity index (χ2n) is 3.88. The summed E-state index contributed by atoms with van der Waals surface area (Å²) in [5.41, 5.74) is 2.39. The van der Waals surface area contributed by atoms with Crippen LogP contribution in [0.3, 0.4) is 0 Å². The molecule has 0 aliphatic heterocycles. The summed E-state index contributed by atoms with van der Waals surface area (Å²) in [5, 5.41) is 11.9. The number of hydrogen-bond donors (Lipinski definition) is 4. The van der Waals surface area contributed by atoms with Gasteiger partial charge >= 0.3 is 0 Å². The summed E-state index contributed by atoms with van der Waals surface area (Å²) in [6, 6.07) is 0.0723. The maximum absolute atomic E-state index is 8.82. The average molecular weight is 241 g/mol. The molecule has 0 aromatic carbocycles. The van der Waals surface area contributed by atoms with Gasteiger partial charge in [0.2, 0.25) is 17.8 Å². The lowest BCUT2D eigenvalue weighted by Crippen LogP contribution is -2.22. The molecule has 0 aliphatic carbocycles. The van der Waals surface area contributed by atoms with Gasteiger partial charge < -0.3 is 15.3 Å². The molecule has 0 saturated carbocycles. The highest BCUT2D eigenvalue weighted by Gasteiger charge is 2.09. The lowest BCUT2D eigenvalue weighted by atomic mass is 10.2. The van der Waals surface area contributed by atoms with Gasteiger partial charge in [0.1, 0.15) is 0 Å². The van der Waals surface area contributed by atoms with Crippen molar-refractivity contribution in [1.82, 2.24) is 15.0 Å². The van der Waals surface area contributed by atoms with Crippen LogP contribution >= 0.6 is 0 Å². The van der Waals surface area contributed by atoms with Crippen LogP contribution in [0.25, 0.3) is 0 Å². The summed E-state index contributed by atoms with van der Waals surface area (Å²) in [6.07, 6.45) is 0.619. The number of anilines is 3. The zero-order chi connectivity index (χ0) is 12.8. The number of hydrogen-bond acceptors (Lipinski definition) is 8. The average Bonchev–Trinajstić information content (AvgIpc) is 2.28. The van der Waals surface area contributed by atoms with E-state index in [0.29, 0.717) is 24.3 Å². The Hall–Kier alpha value is -1.67. The Balaban J connectivity index is 2.87. The number of nitrogens with one attached hydrogen (secondary N) is 2. The molecule has 0 radical (unpaired) electrons. The zero-order valence-corrected chi connectivity index (χ0v) is 10.3. The van der Waals surface area contributed by atoms with Gasteiger partial charge in [-0.15, -0.1) is 0 Å². The number of aliphatic hydroxyl groups excluding tert-OH is 1. The van der Waals surface area contributed by atoms with Crippen molar-refractivity contribution in [2.75, 3.05) is 36.3 Å². The minimum atomic E-state index is 0.0723. The van der Waals surface area contributed by atoms with Crippen LogP contribution in [0.5, 0.6) is 0 Å². The first-order valence-corrected chi connectivity index (χ1v) is 5.34. The van der Waals surface area contributed by atoms with Gasteiger partial charge in [-0.05, 0) is 13.3 Å². The quantitative estimate of drug-likeness (QED) is 0.386. The summed E-state index contributed by atoms with van der Waals surface area (Å²) in [6.45, 7) is 2.05. The molecule has 0 spiro atoms. The van der Waals surface area contributed by atoms with Crippen LogP contribution in [-0.2, 0) is 0 Å². The van der Waals surface area contributed by atoms with Gasteiger partial charge in [0.05, 0.1) is 0 Å². The Morgan fingerprint density at radius 1 is 1.29 bits per heavy atom. The molecule has 1 aromatic heterocycles. The topological polar surface area (TPSA) is 112 Å². The first-order chi connectivity index (χ1) is 8.06. The third kappa shape index (κ3) is 4.00. The van der Waals surface area contributed by atoms with Gasteiger partial charge in [0.25, 0.3) is 0 Å². The van der Waals surface area contributed by atoms with Crippen molar-refractivity contribution < 1.29 is 5.11 Å². The molecule has 5 N–H and O–H groups in total. The number of rotatable bonds is 6. The monoisotopic (exact) mass is 241 g/mol. The number of hydrazine groups is 1. The Kier molecular flexibility index (Phi) is 4.85. The van der Waals surface area contributed by atoms with E-state index in [1.165, 1.54) is 0 Å². The van der Waals surface area contributed by atoms with Crippen LogP contribution in [0.4, 0.5) is 17.8 Å². The highest BCUT2D eigenvalue weighted by atomic mass is 16.3. The van der Waals surface area contributed by atoms with Crippen molar-refractivity contribution in [3.63, 3.8) is 0 Å². The fourth-order valence-electron chi connectivity index (χ4n) is 1.18. The Labute approximate surface area is 100 Å². The van der Waals surface area contributed by atoms with Crippen LogP contribution < -0.4 is 21.5 Å². The number of aromatic nitrogens is 3. The number of nitrogens with two attached hydrogens (primary N) is 1. The lowest BCUT2D eigenvalue weighted by molar-refractivity contribution is 0.282. The van der Waals surface area contributed by atoms with Gasteiger partial charge in [-0.1, -0.05) is 0 Å². The molecule has 1 atom stereocenters. The van der Waals surface area contributed by atoms with Crippen molar-refractivity contribution in [3.8, 4) is 0 Å². The van der Waals surface area contributed by atoms with Crippen LogP contribution in [0.15, 0.2) is 0 Å². The van der Waals surface area contributed by atoms with Gasteiger partial charge in [0.15, 0.2) is 0 Å². The van der Waals surface area contributed by atoms with Crippen molar-refractivity contribution in [1.29, 1.82) is 0 Å². The standard InChI is InChI=1S/C9H19N7O/c1-6(4-5-17)11-7-12-8(15-10)14-9(13-7)16(2)3/h6,17H,4-5,10H2,1-3H3,(H2,11,12,13,14,15). The fourth-order valence-corrected chi connectivity index (χ4v) is 1.18. The van der Waals surface area contributed by atoms with Crippen molar-refractivity contribution >= 4 is 17.8 Å². The largest absolute Gasteiger partial charge is 0.396 e. The summed E-state index contributed by atoms with van der Waals surface area (Å²) >= 11 is 0. The first kappa shape index (κ1) is 13.4. The molecule has 0 bridgehead atoms. The molecule has 1 rings (SSSR count). The third-order valence-corrected chi connectivity index (χ3v) is 2.09. The van der Waals surface area contributed by atoms with Gasteiger partial charge in [-0.25, -0.2) is 5.84 Å². The molecule has 0 aliphatic rings. The van der Waals surface area contributed by atoms with Gasteiger partial charge in [0, 0.05) is 26.7 Å². The lowest BCUT2D eigenvalue weighted by Gasteiger charge is -2.16. The van der Waals surface area contributed by atoms with E-state index < -0.39 is 0 Å². The molecule has 1 aromatic rings. The molecule has 1 heterocycles. The molecule has 0 amide bonds. The van der Waals surface area contributed by atoms with E-state index in [-0.39, 0.29) is 12.6 Å². The molecule has 1 unspecified atom stereocenters. The predicted molar refractivity (Wildman–Crippen MR) is 66.8 cm³/mol. The first-order valence-electron chi connectivity index (χ1n) is 5.34. The van der Waals surface area contributed by atoms with E-state index in [2.05, 4.69) is 25.7 Å². The maximum Gasteiger partial charge on any atom is 0.243 e. The summed E-state index contributed by atoms with van der Waals surface area (Å²) in [5.74, 6) is 6.52. The van der Waals surface area contributed by atoms with E-state index in [9.17, 15) is 0 Å². The predicted octanol–water partition coefficient (Wildman–Crippen LogP) is -0.594. The summed E-state index contributed by atoms with van der Waals surface area (Å²) in [4.78, 5) is 14.1. The molecule has 96 valence electrons. The van der Waals surface area contributed by atoms with Crippen molar-refractivity contribution in [2.45, 2.75) is 19.4 Å². The minimum absolute atomic E-state index is 0.0723.